The van der Waals surface area contributed by atoms with Gasteiger partial charge in [-0.2, -0.15) is 19.2 Å². The molecule has 30 heavy (non-hydrogen) atoms. The van der Waals surface area contributed by atoms with Crippen LogP contribution >= 0.6 is 0 Å². The summed E-state index contributed by atoms with van der Waals surface area (Å²) in [7, 11) is 5.00. The molecule has 0 rings (SSSR count). The van der Waals surface area contributed by atoms with Crippen molar-refractivity contribution in [3.8, 4) is 0 Å². The average molecular weight is 466 g/mol. The Hall–Kier alpha value is -3.14. The van der Waals surface area contributed by atoms with E-state index >= 15 is 0 Å². The summed E-state index contributed by atoms with van der Waals surface area (Å²) in [5.41, 5.74) is 0. The molecular formula is C12H34O18. The second kappa shape index (κ2) is 21600. The van der Waals surface area contributed by atoms with Gasteiger partial charge in [0, 0.05) is 35.5 Å². The van der Waals surface area contributed by atoms with E-state index in [2.05, 4.69) is 13.3 Å². The Kier molecular flexibility index (Phi) is 92000. The van der Waals surface area contributed by atoms with E-state index in [1.807, 2.05) is 0 Å². The fourth-order valence-electron chi connectivity index (χ4n) is 0. The van der Waals surface area contributed by atoms with Gasteiger partial charge < -0.3 is 52.2 Å². The molecule has 0 aliphatic rings. The predicted molar refractivity (Wildman–Crippen MR) is 93.5 cm³/mol. The predicted octanol–water partition coefficient (Wildman–Crippen LogP) is -5.64. The van der Waals surface area contributed by atoms with Crippen LogP contribution in [-0.4, -0.2) is 113 Å². The van der Waals surface area contributed by atoms with E-state index < -0.39 is 0 Å². The van der Waals surface area contributed by atoms with Gasteiger partial charge in [0.2, 0.25) is 0 Å². The second-order valence-electron chi connectivity index (χ2n) is 0.377. The molecule has 0 unspecified atom stereocenters. The molecule has 0 aliphatic carbocycles. The zero-order valence-corrected chi connectivity index (χ0v) is 16.1. The van der Waals surface area contributed by atoms with Gasteiger partial charge in [0.05, 0.1) is 0 Å². The summed E-state index contributed by atoms with van der Waals surface area (Å²) >= 11 is 0. The third-order valence-electron chi connectivity index (χ3n) is 0. The molecule has 0 heterocycles. The van der Waals surface area contributed by atoms with Crippen LogP contribution in [0.2, 0.25) is 0 Å². The standard InChI is InChI=1S/2CH2O2.2CO2.5CH4O.2CO.CH4.3H2O/c4*2-1-3;7*1-2;;;;/h2*1H,(H,2,3);;;5*2H,1H3;;;1H4;3*1H2. The minimum atomic E-state index is -0.250. The van der Waals surface area contributed by atoms with Crippen molar-refractivity contribution in [3.63, 3.8) is 0 Å². The molecule has 0 aromatic heterocycles. The van der Waals surface area contributed by atoms with Gasteiger partial charge in [-0.3, -0.25) is 9.59 Å². The molecule has 18 nitrogen and oxygen atoms in total. The molecule has 13 N–H and O–H groups in total. The van der Waals surface area contributed by atoms with E-state index in [0.29, 0.717) is 0 Å². The van der Waals surface area contributed by atoms with Gasteiger partial charge in [-0.25, -0.2) is 0 Å². The van der Waals surface area contributed by atoms with Crippen LogP contribution in [0.5, 0.6) is 0 Å². The van der Waals surface area contributed by atoms with Gasteiger partial charge in [0.1, 0.15) is 0 Å². The summed E-state index contributed by atoms with van der Waals surface area (Å²) in [5, 5.41) is 48.8. The number of hydrogen-bond donors (Lipinski definition) is 7. The van der Waals surface area contributed by atoms with Crippen LogP contribution in [-0.2, 0) is 38.1 Å². The van der Waals surface area contributed by atoms with Crippen molar-refractivity contribution in [2.45, 2.75) is 7.43 Å². The minimum absolute atomic E-state index is 0. The van der Waals surface area contributed by atoms with Crippen LogP contribution < -0.4 is 0 Å². The number of carbonyl (C=O) groups is 2. The summed E-state index contributed by atoms with van der Waals surface area (Å²) in [4.78, 5) is 49.2. The van der Waals surface area contributed by atoms with Crippen LogP contribution in [0.1, 0.15) is 7.43 Å². The van der Waals surface area contributed by atoms with E-state index in [1.165, 1.54) is 0 Å². The maximum atomic E-state index is 8.36. The van der Waals surface area contributed by atoms with E-state index in [-0.39, 0.29) is 49.1 Å². The number of carboxylic acid groups (broad SMARTS) is 2. The summed E-state index contributed by atoms with van der Waals surface area (Å²) in [6.07, 6.45) is 0.500. The summed E-state index contributed by atoms with van der Waals surface area (Å²) in [6, 6.07) is 0. The van der Waals surface area contributed by atoms with Crippen molar-refractivity contribution in [2.24, 2.45) is 0 Å². The zero-order valence-electron chi connectivity index (χ0n) is 16.1. The number of hydrogen-bond acceptors (Lipinski definition) is 11. The fourth-order valence-corrected chi connectivity index (χ4v) is 0. The van der Waals surface area contributed by atoms with Crippen LogP contribution in [0.3, 0.4) is 0 Å². The monoisotopic (exact) mass is 466 g/mol. The number of aliphatic hydroxyl groups excluding tert-OH is 5. The number of carbonyl (C=O) groups excluding carboxylic acids is 4. The normalized spacial score (nSPS) is 2.47. The van der Waals surface area contributed by atoms with Crippen LogP contribution in [0.4, 0.5) is 0 Å². The first-order chi connectivity index (χ1) is 12.7. The first-order valence-corrected chi connectivity index (χ1v) is 4.45. The Morgan fingerprint density at radius 1 is 0.533 bits per heavy atom. The summed E-state index contributed by atoms with van der Waals surface area (Å²) in [5.74, 6) is 0. The quantitative estimate of drug-likeness (QED) is 0.0994. The van der Waals surface area contributed by atoms with E-state index in [9.17, 15) is 0 Å². The molecule has 18 heteroatoms. The second-order valence-corrected chi connectivity index (χ2v) is 0.377. The fraction of sp³-hybridized carbons (Fsp3) is 0.500. The van der Waals surface area contributed by atoms with Gasteiger partial charge in [-0.05, 0) is 0 Å². The molecule has 0 atom stereocenters. The first kappa shape index (κ1) is 128. The van der Waals surface area contributed by atoms with Crippen molar-refractivity contribution in [1.82, 2.24) is 0 Å². The summed E-state index contributed by atoms with van der Waals surface area (Å²) in [6.45, 7) is 8.50. The Morgan fingerprint density at radius 2 is 0.533 bits per heavy atom. The number of aliphatic hydroxyl groups is 5. The molecular weight excluding hydrogens is 432 g/mol. The van der Waals surface area contributed by atoms with Gasteiger partial charge in [0.15, 0.2) is 0 Å². The maximum absolute atomic E-state index is 8.36. The molecule has 0 spiro atoms. The zero-order chi connectivity index (χ0) is 24.8. The van der Waals surface area contributed by atoms with Gasteiger partial charge in [-0.1, -0.05) is 7.43 Å². The number of rotatable bonds is 0. The molecule has 0 fully saturated rings. The molecule has 0 aromatic rings. The Balaban J connectivity index is -0.00000000630. The van der Waals surface area contributed by atoms with Gasteiger partial charge >= 0.3 is 34.9 Å². The summed E-state index contributed by atoms with van der Waals surface area (Å²) < 4.78 is 15.0. The Bertz CT molecular complexity index is 192. The average Bonchev–Trinajstić information content (AvgIpc) is 2.75. The van der Waals surface area contributed by atoms with Crippen LogP contribution in [0.15, 0.2) is 0 Å². The Labute approximate surface area is 173 Å². The molecule has 0 aromatic carbocycles. The molecule has 0 radical (unpaired) electrons. The van der Waals surface area contributed by atoms with Crippen molar-refractivity contribution in [2.75, 3.05) is 35.5 Å². The first-order valence-electron chi connectivity index (χ1n) is 4.45. The van der Waals surface area contributed by atoms with E-state index in [1.54, 1.807) is 0 Å². The van der Waals surface area contributed by atoms with Gasteiger partial charge in [0.25, 0.3) is 12.9 Å². The third-order valence-corrected chi connectivity index (χ3v) is 0. The Morgan fingerprint density at radius 3 is 0.533 bits per heavy atom. The van der Waals surface area contributed by atoms with Gasteiger partial charge in [-0.15, -0.1) is 0 Å². The third kappa shape index (κ3) is 1440. The van der Waals surface area contributed by atoms with Crippen molar-refractivity contribution in [1.29, 1.82) is 0 Å². The molecule has 0 saturated heterocycles. The van der Waals surface area contributed by atoms with E-state index in [0.717, 1.165) is 35.5 Å². The molecule has 0 bridgehead atoms. The van der Waals surface area contributed by atoms with Crippen LogP contribution in [0, 0.1) is 13.3 Å². The topological polar surface area (TPSA) is 378 Å². The van der Waals surface area contributed by atoms with Crippen molar-refractivity contribution >= 4 is 25.2 Å². The molecule has 0 amide bonds. The van der Waals surface area contributed by atoms with E-state index in [4.69, 9.17) is 73.8 Å². The van der Waals surface area contributed by atoms with Crippen molar-refractivity contribution in [3.05, 3.63) is 13.3 Å². The molecule has 190 valence electrons. The van der Waals surface area contributed by atoms with Crippen molar-refractivity contribution < 1.29 is 90.2 Å². The molecule has 0 saturated carbocycles. The SMILES string of the molecule is C.CO.CO.CO.CO.CO.O.O.O.O=C=O.O=C=O.O=CO.O=CO.[C-]#[O+].[C-]#[O+]. The molecule has 0 aliphatic heterocycles. The van der Waals surface area contributed by atoms with Crippen LogP contribution in [0.25, 0.3) is 0 Å².